The van der Waals surface area contributed by atoms with Gasteiger partial charge in [-0.15, -0.1) is 13.2 Å². The average Bonchev–Trinajstić information content (AvgIpc) is 2.91. The van der Waals surface area contributed by atoms with E-state index < -0.39 is 18.1 Å². The van der Waals surface area contributed by atoms with Crippen molar-refractivity contribution in [3.8, 4) is 16.9 Å². The van der Waals surface area contributed by atoms with Gasteiger partial charge in [0.15, 0.2) is 0 Å². The van der Waals surface area contributed by atoms with Crippen LogP contribution in [0, 0.1) is 0 Å². The van der Waals surface area contributed by atoms with Crippen LogP contribution in [-0.4, -0.2) is 11.3 Å². The van der Waals surface area contributed by atoms with Crippen LogP contribution in [0.1, 0.15) is 22.3 Å². The van der Waals surface area contributed by atoms with Crippen molar-refractivity contribution in [1.82, 2.24) is 4.98 Å². The van der Waals surface area contributed by atoms with Gasteiger partial charge < -0.3 is 10.1 Å². The van der Waals surface area contributed by atoms with Crippen molar-refractivity contribution in [1.29, 1.82) is 0 Å². The van der Waals surface area contributed by atoms with E-state index in [-0.39, 0.29) is 17.8 Å². The van der Waals surface area contributed by atoms with Crippen molar-refractivity contribution >= 4 is 16.6 Å². The first-order chi connectivity index (χ1) is 19.1. The molecule has 0 radical (unpaired) electrons. The molecule has 0 saturated carbocycles. The minimum atomic E-state index is -4.83. The topological polar surface area (TPSA) is 34.1 Å². The molecular formula is C31H22F6N2O. The summed E-state index contributed by atoms with van der Waals surface area (Å²) < 4.78 is 84.1. The van der Waals surface area contributed by atoms with E-state index in [9.17, 15) is 26.3 Å². The van der Waals surface area contributed by atoms with Crippen LogP contribution in [0.15, 0.2) is 103 Å². The maximum Gasteiger partial charge on any atom is 0.573 e. The van der Waals surface area contributed by atoms with Gasteiger partial charge in [0.25, 0.3) is 0 Å². The Hall–Kier alpha value is -4.53. The van der Waals surface area contributed by atoms with Gasteiger partial charge in [-0.05, 0) is 52.9 Å². The highest BCUT2D eigenvalue weighted by Crippen LogP contribution is 2.39. The van der Waals surface area contributed by atoms with Gasteiger partial charge in [0.05, 0.1) is 11.1 Å². The number of nitrogens with zero attached hydrogens (tertiary/aromatic N) is 1. The third kappa shape index (κ3) is 6.20. The van der Waals surface area contributed by atoms with Crippen LogP contribution < -0.4 is 10.1 Å². The van der Waals surface area contributed by atoms with Gasteiger partial charge in [-0.25, -0.2) is 0 Å². The summed E-state index contributed by atoms with van der Waals surface area (Å²) in [4.78, 5) is 4.23. The first kappa shape index (κ1) is 27.1. The zero-order valence-corrected chi connectivity index (χ0v) is 20.9. The van der Waals surface area contributed by atoms with Crippen molar-refractivity contribution in [3.63, 3.8) is 0 Å². The number of fused-ring (bicyclic) bond motifs is 1. The Morgan fingerprint density at radius 3 is 2.20 bits per heavy atom. The number of hydrogen-bond donors (Lipinski definition) is 1. The Bertz CT molecular complexity index is 1630. The Kier molecular flexibility index (Phi) is 7.38. The van der Waals surface area contributed by atoms with Crippen LogP contribution in [0.4, 0.5) is 32.0 Å². The zero-order valence-electron chi connectivity index (χ0n) is 20.9. The maximum atomic E-state index is 13.8. The summed E-state index contributed by atoms with van der Waals surface area (Å²) in [5.41, 5.74) is 2.82. The summed E-state index contributed by atoms with van der Waals surface area (Å²) in [5.74, 6) is -0.316. The predicted octanol–water partition coefficient (Wildman–Crippen LogP) is 9.02. The van der Waals surface area contributed by atoms with Gasteiger partial charge in [-0.2, -0.15) is 13.2 Å². The second-order valence-electron chi connectivity index (χ2n) is 9.11. The van der Waals surface area contributed by atoms with Gasteiger partial charge in [-0.1, -0.05) is 72.8 Å². The number of pyridine rings is 1. The number of halogens is 6. The van der Waals surface area contributed by atoms with E-state index in [4.69, 9.17) is 0 Å². The third-order valence-corrected chi connectivity index (χ3v) is 6.35. The largest absolute Gasteiger partial charge is 0.573 e. The quantitative estimate of drug-likeness (QED) is 0.205. The normalized spacial score (nSPS) is 11.9. The van der Waals surface area contributed by atoms with E-state index >= 15 is 0 Å². The number of hydrogen-bond acceptors (Lipinski definition) is 3. The maximum absolute atomic E-state index is 13.8. The second kappa shape index (κ2) is 10.9. The molecule has 1 N–H and O–H groups in total. The van der Waals surface area contributed by atoms with E-state index in [0.717, 1.165) is 17.2 Å². The molecular weight excluding hydrogens is 530 g/mol. The van der Waals surface area contributed by atoms with E-state index in [0.29, 0.717) is 34.2 Å². The van der Waals surface area contributed by atoms with Gasteiger partial charge >= 0.3 is 12.5 Å². The molecule has 3 nitrogen and oxygen atoms in total. The van der Waals surface area contributed by atoms with Crippen molar-refractivity contribution in [2.24, 2.45) is 0 Å². The van der Waals surface area contributed by atoms with Crippen LogP contribution in [-0.2, 0) is 19.1 Å². The van der Waals surface area contributed by atoms with Gasteiger partial charge in [0.2, 0.25) is 0 Å². The smallest absolute Gasteiger partial charge is 0.405 e. The molecule has 1 heterocycles. The lowest BCUT2D eigenvalue weighted by Gasteiger charge is -2.17. The molecule has 0 saturated heterocycles. The lowest BCUT2D eigenvalue weighted by Crippen LogP contribution is -2.18. The average molecular weight is 553 g/mol. The SMILES string of the molecule is FC(F)(F)Oc1ccccc1CNc1cccc(-c2c(Cc3ccccc3)cnc3c(C(F)(F)F)cccc23)c1. The van der Waals surface area contributed by atoms with Crippen LogP contribution in [0.25, 0.3) is 22.0 Å². The van der Waals surface area contributed by atoms with Crippen LogP contribution in [0.2, 0.25) is 0 Å². The van der Waals surface area contributed by atoms with Crippen molar-refractivity contribution in [2.75, 3.05) is 5.32 Å². The van der Waals surface area contributed by atoms with Crippen molar-refractivity contribution in [3.05, 3.63) is 126 Å². The molecule has 204 valence electrons. The zero-order chi connectivity index (χ0) is 28.3. The summed E-state index contributed by atoms with van der Waals surface area (Å²) in [6.07, 6.45) is -7.50. The number of alkyl halides is 6. The van der Waals surface area contributed by atoms with Crippen LogP contribution in [0.5, 0.6) is 5.75 Å². The molecule has 0 aliphatic heterocycles. The Labute approximate surface area is 226 Å². The number of ether oxygens (including phenoxy) is 1. The monoisotopic (exact) mass is 552 g/mol. The number of benzene rings is 4. The van der Waals surface area contributed by atoms with Gasteiger partial charge in [-0.3, -0.25) is 4.98 Å². The van der Waals surface area contributed by atoms with Gasteiger partial charge in [0, 0.05) is 29.4 Å². The summed E-state index contributed by atoms with van der Waals surface area (Å²) in [7, 11) is 0. The Morgan fingerprint density at radius 1 is 0.725 bits per heavy atom. The fraction of sp³-hybridized carbons (Fsp3) is 0.129. The molecule has 40 heavy (non-hydrogen) atoms. The Balaban J connectivity index is 1.55. The lowest BCUT2D eigenvalue weighted by molar-refractivity contribution is -0.274. The molecule has 1 aromatic heterocycles. The molecule has 4 aromatic carbocycles. The minimum Gasteiger partial charge on any atom is -0.405 e. The molecule has 0 bridgehead atoms. The summed E-state index contributed by atoms with van der Waals surface area (Å²) in [6, 6.07) is 26.3. The molecule has 0 aliphatic rings. The third-order valence-electron chi connectivity index (χ3n) is 6.35. The molecule has 5 aromatic rings. The fourth-order valence-corrected chi connectivity index (χ4v) is 4.64. The van der Waals surface area contributed by atoms with Crippen molar-refractivity contribution < 1.29 is 31.1 Å². The molecule has 5 rings (SSSR count). The summed E-state index contributed by atoms with van der Waals surface area (Å²) in [6.45, 7) is 0.0297. The highest BCUT2D eigenvalue weighted by atomic mass is 19.4. The number of aromatic nitrogens is 1. The van der Waals surface area contributed by atoms with E-state index in [1.54, 1.807) is 36.4 Å². The number of anilines is 1. The molecule has 0 aliphatic carbocycles. The highest BCUT2D eigenvalue weighted by Gasteiger charge is 2.34. The summed E-state index contributed by atoms with van der Waals surface area (Å²) in [5, 5.41) is 3.46. The molecule has 9 heteroatoms. The lowest BCUT2D eigenvalue weighted by atomic mass is 9.91. The van der Waals surface area contributed by atoms with Crippen LogP contribution in [0.3, 0.4) is 0 Å². The standard InChI is InChI=1S/C31H22F6N2O/c32-30(33,34)26-14-7-13-25-28(23(19-39-29(25)26)16-20-8-2-1-3-9-20)21-11-6-12-24(17-21)38-18-22-10-4-5-15-27(22)40-31(35,36)37/h1-15,17,19,38H,16,18H2. The minimum absolute atomic E-state index is 0.0297. The van der Waals surface area contributed by atoms with Gasteiger partial charge in [0.1, 0.15) is 5.75 Å². The second-order valence-corrected chi connectivity index (χ2v) is 9.11. The van der Waals surface area contributed by atoms with Crippen LogP contribution >= 0.6 is 0 Å². The highest BCUT2D eigenvalue weighted by molar-refractivity contribution is 5.98. The predicted molar refractivity (Wildman–Crippen MR) is 142 cm³/mol. The number of para-hydroxylation sites is 2. The van der Waals surface area contributed by atoms with E-state index in [1.165, 1.54) is 30.5 Å². The van der Waals surface area contributed by atoms with E-state index in [2.05, 4.69) is 15.0 Å². The first-order valence-corrected chi connectivity index (χ1v) is 12.3. The molecule has 0 atom stereocenters. The number of nitrogens with one attached hydrogen (secondary N) is 1. The molecule has 0 spiro atoms. The molecule has 0 unspecified atom stereocenters. The Morgan fingerprint density at radius 2 is 1.45 bits per heavy atom. The fourth-order valence-electron chi connectivity index (χ4n) is 4.64. The number of rotatable bonds is 7. The first-order valence-electron chi connectivity index (χ1n) is 12.3. The molecule has 0 fully saturated rings. The van der Waals surface area contributed by atoms with Crippen molar-refractivity contribution in [2.45, 2.75) is 25.5 Å². The summed E-state index contributed by atoms with van der Waals surface area (Å²) >= 11 is 0. The van der Waals surface area contributed by atoms with E-state index in [1.807, 2.05) is 30.3 Å². The molecule has 0 amide bonds.